The van der Waals surface area contributed by atoms with E-state index in [1.54, 1.807) is 0 Å². The van der Waals surface area contributed by atoms with Gasteiger partial charge in [-0.05, 0) is 97.0 Å². The molecule has 0 N–H and O–H groups in total. The van der Waals surface area contributed by atoms with Crippen molar-refractivity contribution in [2.24, 2.45) is 0 Å². The second-order valence-corrected chi connectivity index (χ2v) is 12.6. The van der Waals surface area contributed by atoms with Crippen molar-refractivity contribution in [1.29, 1.82) is 0 Å². The van der Waals surface area contributed by atoms with Crippen LogP contribution in [0.4, 0.5) is 0 Å². The number of imidazole rings is 1. The van der Waals surface area contributed by atoms with E-state index in [0.717, 1.165) is 39.1 Å². The molecule has 0 amide bonds. The minimum Gasteiger partial charge on any atom is -0.291 e. The summed E-state index contributed by atoms with van der Waals surface area (Å²) in [5, 5.41) is 8.60. The average Bonchev–Trinajstić information content (AvgIpc) is 3.56. The van der Waals surface area contributed by atoms with E-state index in [0.29, 0.717) is 0 Å². The zero-order valence-electron chi connectivity index (χ0n) is 26.6. The summed E-state index contributed by atoms with van der Waals surface area (Å²) in [4.78, 5) is 10.1. The largest absolute Gasteiger partial charge is 0.291 e. The van der Waals surface area contributed by atoms with Gasteiger partial charge in [-0.2, -0.15) is 0 Å². The van der Waals surface area contributed by atoms with Crippen LogP contribution in [0.5, 0.6) is 0 Å². The number of aromatic nitrogens is 3. The van der Waals surface area contributed by atoms with E-state index in [2.05, 4.69) is 162 Å². The monoisotopic (exact) mass is 623 g/mol. The molecule has 0 aliphatic carbocycles. The van der Waals surface area contributed by atoms with E-state index >= 15 is 0 Å². The maximum atomic E-state index is 5.09. The number of rotatable bonds is 4. The number of para-hydroxylation sites is 3. The minimum atomic E-state index is 0.829. The zero-order chi connectivity index (χ0) is 32.3. The van der Waals surface area contributed by atoms with Gasteiger partial charge in [0, 0.05) is 11.1 Å². The molecule has 10 aromatic rings. The summed E-state index contributed by atoms with van der Waals surface area (Å²) in [6, 6.07) is 62.8. The molecule has 3 nitrogen and oxygen atoms in total. The molecule has 2 aromatic heterocycles. The van der Waals surface area contributed by atoms with Gasteiger partial charge in [0.15, 0.2) is 5.82 Å². The highest BCUT2D eigenvalue weighted by molar-refractivity contribution is 6.21. The molecule has 0 aliphatic heterocycles. The second kappa shape index (κ2) is 11.0. The number of fused-ring (bicyclic) bond motifs is 5. The van der Waals surface area contributed by atoms with Gasteiger partial charge in [-0.15, -0.1) is 0 Å². The highest BCUT2D eigenvalue weighted by Gasteiger charge is 2.19. The summed E-state index contributed by atoms with van der Waals surface area (Å²) in [5.74, 6) is 0.829. The topological polar surface area (TPSA) is 30.7 Å². The van der Waals surface area contributed by atoms with Crippen molar-refractivity contribution < 1.29 is 0 Å². The lowest BCUT2D eigenvalue weighted by atomic mass is 9.85. The number of nitrogens with zero attached hydrogens (tertiary/aromatic N) is 3. The van der Waals surface area contributed by atoms with Crippen molar-refractivity contribution in [2.75, 3.05) is 0 Å². The van der Waals surface area contributed by atoms with Gasteiger partial charge >= 0.3 is 0 Å². The molecule has 0 aliphatic rings. The van der Waals surface area contributed by atoms with Gasteiger partial charge in [-0.1, -0.05) is 133 Å². The third-order valence-corrected chi connectivity index (χ3v) is 9.77. The summed E-state index contributed by atoms with van der Waals surface area (Å²) < 4.78 is 2.23. The summed E-state index contributed by atoms with van der Waals surface area (Å²) in [6.45, 7) is 0. The fraction of sp³-hybridized carbons (Fsp3) is 0. The van der Waals surface area contributed by atoms with Crippen molar-refractivity contribution in [3.05, 3.63) is 176 Å². The normalized spacial score (nSPS) is 11.7. The lowest BCUT2D eigenvalue weighted by Crippen LogP contribution is -1.99. The Kier molecular flexibility index (Phi) is 6.18. The van der Waals surface area contributed by atoms with Gasteiger partial charge in [-0.25, -0.2) is 9.97 Å². The van der Waals surface area contributed by atoms with Crippen molar-refractivity contribution in [1.82, 2.24) is 14.5 Å². The first-order valence-electron chi connectivity index (χ1n) is 16.7. The number of hydrogen-bond donors (Lipinski definition) is 0. The standard InChI is InChI=1S/C46H29N3/c1-2-13-33-29-34(22-21-30(33)11-1)45-38-16-6-4-14-36(38)44(37-15-5-7-17-39(37)45)32-23-26-35(27-24-32)49-43-20-10-9-19-41(43)48-46(49)42-28-25-31-12-3-8-18-40(31)47-42/h1-29H. The molecular weight excluding hydrogens is 595 g/mol. The van der Waals surface area contributed by atoms with Crippen LogP contribution in [0.1, 0.15) is 0 Å². The second-order valence-electron chi connectivity index (χ2n) is 12.6. The molecule has 0 saturated carbocycles. The molecule has 0 saturated heterocycles. The highest BCUT2D eigenvalue weighted by atomic mass is 15.1. The Morgan fingerprint density at radius 3 is 1.61 bits per heavy atom. The first kappa shape index (κ1) is 27.5. The summed E-state index contributed by atoms with van der Waals surface area (Å²) in [6.07, 6.45) is 0. The third kappa shape index (κ3) is 4.44. The molecule has 0 atom stereocenters. The van der Waals surface area contributed by atoms with Gasteiger partial charge in [0.1, 0.15) is 5.69 Å². The highest BCUT2D eigenvalue weighted by Crippen LogP contribution is 2.44. The van der Waals surface area contributed by atoms with Crippen molar-refractivity contribution in [2.45, 2.75) is 0 Å². The molecule has 0 unspecified atom stereocenters. The number of benzene rings is 8. The molecule has 228 valence electrons. The first-order chi connectivity index (χ1) is 24.3. The molecule has 0 bridgehead atoms. The van der Waals surface area contributed by atoms with E-state index in [4.69, 9.17) is 9.97 Å². The molecule has 0 spiro atoms. The van der Waals surface area contributed by atoms with Crippen LogP contribution in [-0.4, -0.2) is 14.5 Å². The van der Waals surface area contributed by atoms with Crippen LogP contribution in [0.25, 0.3) is 93.7 Å². The Labute approximate surface area is 283 Å². The van der Waals surface area contributed by atoms with Crippen LogP contribution < -0.4 is 0 Å². The molecule has 8 aromatic carbocycles. The zero-order valence-corrected chi connectivity index (χ0v) is 26.6. The van der Waals surface area contributed by atoms with Crippen LogP contribution in [0, 0.1) is 0 Å². The smallest absolute Gasteiger partial charge is 0.164 e. The minimum absolute atomic E-state index is 0.829. The predicted octanol–water partition coefficient (Wildman–Crippen LogP) is 12.0. The lowest BCUT2D eigenvalue weighted by Gasteiger charge is -2.18. The molecule has 2 heterocycles. The average molecular weight is 624 g/mol. The van der Waals surface area contributed by atoms with E-state index in [1.165, 1.54) is 54.6 Å². The van der Waals surface area contributed by atoms with E-state index in [-0.39, 0.29) is 0 Å². The molecule has 49 heavy (non-hydrogen) atoms. The van der Waals surface area contributed by atoms with Crippen molar-refractivity contribution in [3.63, 3.8) is 0 Å². The Morgan fingerprint density at radius 1 is 0.367 bits per heavy atom. The molecule has 10 rings (SSSR count). The van der Waals surface area contributed by atoms with Gasteiger partial charge in [-0.3, -0.25) is 4.57 Å². The van der Waals surface area contributed by atoms with Crippen molar-refractivity contribution in [3.8, 4) is 39.5 Å². The maximum absolute atomic E-state index is 5.09. The Bertz CT molecular complexity index is 2820. The Balaban J connectivity index is 1.16. The molecule has 0 radical (unpaired) electrons. The lowest BCUT2D eigenvalue weighted by molar-refractivity contribution is 1.09. The van der Waals surface area contributed by atoms with Crippen LogP contribution in [0.3, 0.4) is 0 Å². The first-order valence-corrected chi connectivity index (χ1v) is 16.7. The summed E-state index contributed by atoms with van der Waals surface area (Å²) in [7, 11) is 0. The van der Waals surface area contributed by atoms with Gasteiger partial charge in [0.05, 0.1) is 16.6 Å². The SMILES string of the molecule is c1ccc2cc(-c3c4ccccc4c(-c4ccc(-n5c(-c6ccc7ccccc7n6)nc6ccccc65)cc4)c4ccccc34)ccc2c1. The Morgan fingerprint density at radius 2 is 0.898 bits per heavy atom. The van der Waals surface area contributed by atoms with Crippen LogP contribution in [0.15, 0.2) is 176 Å². The summed E-state index contributed by atoms with van der Waals surface area (Å²) in [5.41, 5.74) is 9.77. The summed E-state index contributed by atoms with van der Waals surface area (Å²) >= 11 is 0. The predicted molar refractivity (Wildman–Crippen MR) is 205 cm³/mol. The third-order valence-electron chi connectivity index (χ3n) is 9.77. The van der Waals surface area contributed by atoms with Crippen LogP contribution >= 0.6 is 0 Å². The van der Waals surface area contributed by atoms with Crippen LogP contribution in [-0.2, 0) is 0 Å². The number of hydrogen-bond acceptors (Lipinski definition) is 2. The molecule has 3 heteroatoms. The maximum Gasteiger partial charge on any atom is 0.164 e. The van der Waals surface area contributed by atoms with Gasteiger partial charge in [0.2, 0.25) is 0 Å². The molecular formula is C46H29N3. The molecule has 0 fully saturated rings. The van der Waals surface area contributed by atoms with Crippen LogP contribution in [0.2, 0.25) is 0 Å². The quantitative estimate of drug-likeness (QED) is 0.183. The Hall–Kier alpha value is -6.58. The fourth-order valence-electron chi connectivity index (χ4n) is 7.52. The van der Waals surface area contributed by atoms with Gasteiger partial charge in [0.25, 0.3) is 0 Å². The van der Waals surface area contributed by atoms with E-state index in [9.17, 15) is 0 Å². The van der Waals surface area contributed by atoms with E-state index in [1.807, 2.05) is 18.2 Å². The van der Waals surface area contributed by atoms with Gasteiger partial charge < -0.3 is 0 Å². The van der Waals surface area contributed by atoms with Crippen molar-refractivity contribution >= 4 is 54.3 Å². The fourth-order valence-corrected chi connectivity index (χ4v) is 7.52. The number of pyridine rings is 1. The van der Waals surface area contributed by atoms with E-state index < -0.39 is 0 Å².